The minimum Gasteiger partial charge on any atom is -0.376 e. The number of aliphatic imine (C=N–C) groups is 1. The summed E-state index contributed by atoms with van der Waals surface area (Å²) in [6.45, 7) is 2.01. The van der Waals surface area contributed by atoms with Gasteiger partial charge in [-0.2, -0.15) is 13.2 Å². The van der Waals surface area contributed by atoms with Crippen LogP contribution >= 0.6 is 11.6 Å². The number of guanidine groups is 1. The maximum Gasteiger partial charge on any atom is 0.421 e. The van der Waals surface area contributed by atoms with Crippen LogP contribution in [0.5, 0.6) is 0 Å². The number of anilines is 1. The number of hydrogen-bond donors (Lipinski definition) is 5. The van der Waals surface area contributed by atoms with Crippen LogP contribution in [0.3, 0.4) is 0 Å². The fourth-order valence-electron chi connectivity index (χ4n) is 3.56. The van der Waals surface area contributed by atoms with Crippen LogP contribution in [0.15, 0.2) is 41.7 Å². The summed E-state index contributed by atoms with van der Waals surface area (Å²) >= 11 is 6.01. The van der Waals surface area contributed by atoms with Crippen molar-refractivity contribution in [2.75, 3.05) is 25.0 Å². The molecule has 1 aromatic carbocycles. The number of hydrogen-bond acceptors (Lipinski definition) is 7. The SMILES string of the molecule is CCC(NC(=O)CNC(=O)c1cncc(NC2=NCC(F)CN2)c1)c1cc(Cl)cc(C(C)(O)C(F)(F)F)c1. The Kier molecular flexibility index (Phi) is 9.15. The van der Waals surface area contributed by atoms with E-state index in [0.717, 1.165) is 12.1 Å². The topological polar surface area (TPSA) is 128 Å². The average Bonchev–Trinajstić information content (AvgIpc) is 2.86. The van der Waals surface area contributed by atoms with Gasteiger partial charge in [-0.25, -0.2) is 9.38 Å². The van der Waals surface area contributed by atoms with Crippen LogP contribution in [0.25, 0.3) is 0 Å². The van der Waals surface area contributed by atoms with Gasteiger partial charge < -0.3 is 26.4 Å². The lowest BCUT2D eigenvalue weighted by Gasteiger charge is -2.28. The quantitative estimate of drug-likeness (QED) is 0.317. The predicted octanol–water partition coefficient (Wildman–Crippen LogP) is 3.21. The second-order valence-electron chi connectivity index (χ2n) is 8.81. The number of amides is 2. The molecule has 3 atom stereocenters. The summed E-state index contributed by atoms with van der Waals surface area (Å²) in [7, 11) is 0. The van der Waals surface area contributed by atoms with Crippen molar-refractivity contribution in [1.29, 1.82) is 0 Å². The highest BCUT2D eigenvalue weighted by Gasteiger charge is 2.51. The number of halogens is 5. The number of carbonyl (C=O) groups is 2. The van der Waals surface area contributed by atoms with E-state index >= 15 is 0 Å². The smallest absolute Gasteiger partial charge is 0.376 e. The Morgan fingerprint density at radius 2 is 1.97 bits per heavy atom. The Morgan fingerprint density at radius 3 is 2.61 bits per heavy atom. The van der Waals surface area contributed by atoms with Gasteiger partial charge in [-0.3, -0.25) is 14.6 Å². The first-order chi connectivity index (χ1) is 17.8. The molecule has 206 valence electrons. The summed E-state index contributed by atoms with van der Waals surface area (Å²) < 4.78 is 53.1. The summed E-state index contributed by atoms with van der Waals surface area (Å²) in [6.07, 6.45) is -2.99. The van der Waals surface area contributed by atoms with Gasteiger partial charge in [0.25, 0.3) is 5.91 Å². The Labute approximate surface area is 221 Å². The van der Waals surface area contributed by atoms with Crippen LogP contribution in [-0.4, -0.2) is 59.8 Å². The molecule has 0 fully saturated rings. The standard InChI is InChI=1S/C24H27ClF4N6O3/c1-3-19(13-4-15(7-16(25)5-13)23(2,38)24(27,28)29)35-20(36)12-31-21(37)14-6-18(11-30-8-14)34-22-32-9-17(26)10-33-22/h4-8,11,17,19,38H,3,9-10,12H2,1-2H3,(H,31,37)(H,35,36)(H2,32,33,34). The number of pyridine rings is 1. The molecule has 2 heterocycles. The molecule has 3 unspecified atom stereocenters. The highest BCUT2D eigenvalue weighted by Crippen LogP contribution is 2.40. The van der Waals surface area contributed by atoms with E-state index in [1.165, 1.54) is 24.5 Å². The zero-order valence-electron chi connectivity index (χ0n) is 20.5. The van der Waals surface area contributed by atoms with Crippen LogP contribution in [0.2, 0.25) is 5.02 Å². The first kappa shape index (κ1) is 29.1. The largest absolute Gasteiger partial charge is 0.421 e. The second kappa shape index (κ2) is 11.9. The molecule has 9 nitrogen and oxygen atoms in total. The number of nitrogens with zero attached hydrogens (tertiary/aromatic N) is 2. The van der Waals surface area contributed by atoms with Crippen LogP contribution in [0, 0.1) is 0 Å². The van der Waals surface area contributed by atoms with E-state index in [4.69, 9.17) is 11.6 Å². The van der Waals surface area contributed by atoms with Crippen molar-refractivity contribution in [1.82, 2.24) is 20.9 Å². The third-order valence-electron chi connectivity index (χ3n) is 5.79. The lowest BCUT2D eigenvalue weighted by molar-refractivity contribution is -0.258. The highest BCUT2D eigenvalue weighted by molar-refractivity contribution is 6.30. The fourth-order valence-corrected chi connectivity index (χ4v) is 3.80. The van der Waals surface area contributed by atoms with Crippen LogP contribution in [0.4, 0.5) is 23.2 Å². The van der Waals surface area contributed by atoms with Crippen LogP contribution in [0.1, 0.15) is 47.8 Å². The Hall–Kier alpha value is -3.45. The van der Waals surface area contributed by atoms with Gasteiger partial charge in [-0.15, -0.1) is 0 Å². The van der Waals surface area contributed by atoms with E-state index in [2.05, 4.69) is 31.2 Å². The molecule has 1 aromatic heterocycles. The van der Waals surface area contributed by atoms with E-state index in [0.29, 0.717) is 25.0 Å². The highest BCUT2D eigenvalue weighted by atomic mass is 35.5. The number of benzene rings is 1. The van der Waals surface area contributed by atoms with Crippen LogP contribution < -0.4 is 21.3 Å². The first-order valence-corrected chi connectivity index (χ1v) is 12.0. The molecule has 0 saturated heterocycles. The molecule has 14 heteroatoms. The minimum atomic E-state index is -4.94. The third-order valence-corrected chi connectivity index (χ3v) is 6.01. The molecule has 1 aliphatic heterocycles. The van der Waals surface area contributed by atoms with Gasteiger partial charge in [-0.05, 0) is 42.7 Å². The third kappa shape index (κ3) is 7.32. The molecule has 0 aliphatic carbocycles. The van der Waals surface area contributed by atoms with Gasteiger partial charge in [0.2, 0.25) is 5.91 Å². The molecular weight excluding hydrogens is 532 g/mol. The first-order valence-electron chi connectivity index (χ1n) is 11.6. The lowest BCUT2D eigenvalue weighted by Crippen LogP contribution is -2.41. The van der Waals surface area contributed by atoms with Gasteiger partial charge in [-0.1, -0.05) is 24.6 Å². The molecule has 1 aliphatic rings. The van der Waals surface area contributed by atoms with Crippen molar-refractivity contribution < 1.29 is 32.3 Å². The summed E-state index contributed by atoms with van der Waals surface area (Å²) in [5.41, 5.74) is -2.78. The summed E-state index contributed by atoms with van der Waals surface area (Å²) in [5, 5.41) is 20.8. The summed E-state index contributed by atoms with van der Waals surface area (Å²) in [4.78, 5) is 33.1. The number of rotatable bonds is 8. The number of nitrogens with one attached hydrogen (secondary N) is 4. The van der Waals surface area contributed by atoms with Crippen molar-refractivity contribution in [2.24, 2.45) is 4.99 Å². The maximum atomic E-state index is 13.3. The van der Waals surface area contributed by atoms with Crippen molar-refractivity contribution in [2.45, 2.75) is 44.3 Å². The number of carbonyl (C=O) groups excluding carboxylic acids is 2. The van der Waals surface area contributed by atoms with Crippen LogP contribution in [-0.2, 0) is 10.4 Å². The Morgan fingerprint density at radius 1 is 1.24 bits per heavy atom. The zero-order valence-corrected chi connectivity index (χ0v) is 21.3. The van der Waals surface area contributed by atoms with E-state index in [1.807, 2.05) is 0 Å². The van der Waals surface area contributed by atoms with Gasteiger partial charge >= 0.3 is 6.18 Å². The van der Waals surface area contributed by atoms with E-state index in [1.54, 1.807) is 6.92 Å². The van der Waals surface area contributed by atoms with Gasteiger partial charge in [0.15, 0.2) is 11.6 Å². The molecule has 0 saturated carbocycles. The predicted molar refractivity (Wildman–Crippen MR) is 134 cm³/mol. The van der Waals surface area contributed by atoms with E-state index in [9.17, 15) is 32.3 Å². The normalized spacial score (nSPS) is 17.9. The molecule has 0 radical (unpaired) electrons. The monoisotopic (exact) mass is 558 g/mol. The van der Waals surface area contributed by atoms with Gasteiger partial charge in [0, 0.05) is 11.2 Å². The molecule has 0 bridgehead atoms. The van der Waals surface area contributed by atoms with Crippen molar-refractivity contribution >= 4 is 35.1 Å². The zero-order chi connectivity index (χ0) is 28.1. The van der Waals surface area contributed by atoms with Crippen molar-refractivity contribution in [3.8, 4) is 0 Å². The summed E-state index contributed by atoms with van der Waals surface area (Å²) in [5.74, 6) is -0.861. The second-order valence-corrected chi connectivity index (χ2v) is 9.25. The number of alkyl halides is 4. The summed E-state index contributed by atoms with van der Waals surface area (Å²) in [6, 6.07) is 4.28. The fraction of sp³-hybridized carbons (Fsp3) is 0.417. The molecular formula is C24H27ClF4N6O3. The lowest BCUT2D eigenvalue weighted by atomic mass is 9.91. The molecule has 38 heavy (non-hydrogen) atoms. The van der Waals surface area contributed by atoms with E-state index < -0.39 is 47.9 Å². The molecule has 0 spiro atoms. The number of aromatic nitrogens is 1. The number of aliphatic hydroxyl groups is 1. The van der Waals surface area contributed by atoms with Gasteiger partial charge in [0.1, 0.15) is 6.17 Å². The van der Waals surface area contributed by atoms with Crippen molar-refractivity contribution in [3.05, 3.63) is 58.4 Å². The molecule has 2 aromatic rings. The molecule has 2 amide bonds. The molecule has 3 rings (SSSR count). The van der Waals surface area contributed by atoms with Crippen molar-refractivity contribution in [3.63, 3.8) is 0 Å². The molecule has 5 N–H and O–H groups in total. The van der Waals surface area contributed by atoms with E-state index in [-0.39, 0.29) is 29.2 Å². The van der Waals surface area contributed by atoms with Gasteiger partial charge in [0.05, 0.1) is 43.1 Å². The minimum absolute atomic E-state index is 0.00888. The Balaban J connectivity index is 1.62. The Bertz CT molecular complexity index is 1210. The maximum absolute atomic E-state index is 13.3. The average molecular weight is 559 g/mol.